The van der Waals surface area contributed by atoms with Crippen LogP contribution in [0.2, 0.25) is 5.02 Å². The Morgan fingerprint density at radius 2 is 1.94 bits per heavy atom. The number of hydrogen-bond acceptors (Lipinski definition) is 3. The molecule has 31 heavy (non-hydrogen) atoms. The summed E-state index contributed by atoms with van der Waals surface area (Å²) in [6.45, 7) is 2.53. The smallest absolute Gasteiger partial charge is 0.239 e. The molecule has 3 N–H and O–H groups in total. The highest BCUT2D eigenvalue weighted by molar-refractivity contribution is 6.30. The van der Waals surface area contributed by atoms with Gasteiger partial charge in [0.25, 0.3) is 0 Å². The molecule has 1 saturated heterocycles. The molecule has 7 heteroatoms. The third kappa shape index (κ3) is 6.97. The summed E-state index contributed by atoms with van der Waals surface area (Å²) in [6, 6.07) is 18.3. The Balaban J connectivity index is 1.50. The Labute approximate surface area is 190 Å². The van der Waals surface area contributed by atoms with E-state index in [1.165, 1.54) is 5.56 Å². The number of hydrogen-bond donors (Lipinski definition) is 3. The Hall–Kier alpha value is -2.57. The number of nitrogens with one attached hydrogen (secondary N) is 3. The summed E-state index contributed by atoms with van der Waals surface area (Å²) in [4.78, 5) is 18.8. The number of rotatable bonds is 7. The highest BCUT2D eigenvalue weighted by Gasteiger charge is 2.30. The molecule has 2 unspecified atom stereocenters. The van der Waals surface area contributed by atoms with E-state index in [-0.39, 0.29) is 12.5 Å². The topological polar surface area (TPSA) is 68.8 Å². The van der Waals surface area contributed by atoms with Gasteiger partial charge >= 0.3 is 0 Å². The number of halogens is 1. The molecular formula is C24H32ClN5O. The average molecular weight is 442 g/mol. The van der Waals surface area contributed by atoms with Crippen molar-refractivity contribution in [3.63, 3.8) is 0 Å². The molecule has 3 rings (SSSR count). The molecular weight excluding hydrogens is 410 g/mol. The lowest BCUT2D eigenvalue weighted by molar-refractivity contribution is -0.120. The van der Waals surface area contributed by atoms with Crippen molar-refractivity contribution in [1.29, 1.82) is 0 Å². The van der Waals surface area contributed by atoms with Gasteiger partial charge in [0.2, 0.25) is 5.91 Å². The van der Waals surface area contributed by atoms with Gasteiger partial charge in [-0.05, 0) is 55.6 Å². The summed E-state index contributed by atoms with van der Waals surface area (Å²) in [5.41, 5.74) is 2.32. The highest BCUT2D eigenvalue weighted by atomic mass is 35.5. The first-order valence-corrected chi connectivity index (χ1v) is 11.2. The van der Waals surface area contributed by atoms with Crippen LogP contribution in [0, 0.1) is 5.92 Å². The molecule has 0 saturated carbocycles. The molecule has 2 aromatic carbocycles. The van der Waals surface area contributed by atoms with Gasteiger partial charge in [-0.15, -0.1) is 0 Å². The second-order valence-corrected chi connectivity index (χ2v) is 8.39. The first kappa shape index (κ1) is 23.1. The fraction of sp³-hybridized carbons (Fsp3) is 0.417. The van der Waals surface area contributed by atoms with Gasteiger partial charge in [0.1, 0.15) is 0 Å². The van der Waals surface area contributed by atoms with Crippen LogP contribution in [0.15, 0.2) is 59.6 Å². The predicted octanol–water partition coefficient (Wildman–Crippen LogP) is 3.20. The van der Waals surface area contributed by atoms with E-state index in [1.54, 1.807) is 7.05 Å². The van der Waals surface area contributed by atoms with E-state index in [9.17, 15) is 4.79 Å². The molecule has 6 nitrogen and oxygen atoms in total. The van der Waals surface area contributed by atoms with E-state index in [4.69, 9.17) is 11.6 Å². The van der Waals surface area contributed by atoms with Crippen LogP contribution in [-0.2, 0) is 11.3 Å². The number of carbonyl (C=O) groups is 1. The van der Waals surface area contributed by atoms with Gasteiger partial charge in [0, 0.05) is 31.2 Å². The zero-order valence-corrected chi connectivity index (χ0v) is 19.0. The third-order valence-corrected chi connectivity index (χ3v) is 5.94. The monoisotopic (exact) mass is 441 g/mol. The molecule has 0 aromatic heterocycles. The van der Waals surface area contributed by atoms with Gasteiger partial charge in [-0.1, -0.05) is 54.1 Å². The number of likely N-dealkylation sites (tertiary alicyclic amines) is 1. The van der Waals surface area contributed by atoms with Crippen molar-refractivity contribution in [3.8, 4) is 0 Å². The summed E-state index contributed by atoms with van der Waals surface area (Å²) in [5.74, 6) is 0.983. The summed E-state index contributed by atoms with van der Waals surface area (Å²) in [5, 5.41) is 10.2. The molecule has 166 valence electrons. The van der Waals surface area contributed by atoms with Crippen LogP contribution in [0.1, 0.15) is 30.0 Å². The van der Waals surface area contributed by atoms with E-state index in [2.05, 4.69) is 45.0 Å². The van der Waals surface area contributed by atoms with E-state index in [0.717, 1.165) is 36.5 Å². The van der Waals surface area contributed by atoms with E-state index < -0.39 is 0 Å². The maximum absolute atomic E-state index is 12.2. The summed E-state index contributed by atoms with van der Waals surface area (Å²) >= 11 is 6.24. The van der Waals surface area contributed by atoms with E-state index in [0.29, 0.717) is 24.5 Å². The predicted molar refractivity (Wildman–Crippen MR) is 127 cm³/mol. The van der Waals surface area contributed by atoms with Crippen molar-refractivity contribution >= 4 is 23.5 Å². The third-order valence-electron chi connectivity index (χ3n) is 5.70. The zero-order valence-electron chi connectivity index (χ0n) is 18.3. The molecule has 2 aromatic rings. The van der Waals surface area contributed by atoms with Crippen molar-refractivity contribution in [2.24, 2.45) is 10.9 Å². The second kappa shape index (κ2) is 11.7. The van der Waals surface area contributed by atoms with Crippen LogP contribution in [0.4, 0.5) is 0 Å². The first-order valence-electron chi connectivity index (χ1n) is 10.8. The molecule has 0 bridgehead atoms. The second-order valence-electron chi connectivity index (χ2n) is 7.95. The van der Waals surface area contributed by atoms with Crippen LogP contribution in [0.5, 0.6) is 0 Å². The fourth-order valence-electron chi connectivity index (χ4n) is 4.16. The van der Waals surface area contributed by atoms with Crippen LogP contribution in [-0.4, -0.2) is 50.5 Å². The molecule has 1 amide bonds. The molecule has 2 atom stereocenters. The summed E-state index contributed by atoms with van der Waals surface area (Å²) in [7, 11) is 3.89. The van der Waals surface area contributed by atoms with Gasteiger partial charge in [-0.25, -0.2) is 0 Å². The van der Waals surface area contributed by atoms with Crippen molar-refractivity contribution in [2.75, 3.05) is 33.7 Å². The van der Waals surface area contributed by atoms with Crippen molar-refractivity contribution < 1.29 is 4.79 Å². The number of piperidine rings is 1. The zero-order chi connectivity index (χ0) is 22.1. The average Bonchev–Trinajstić information content (AvgIpc) is 2.78. The number of nitrogens with zero attached hydrogens (tertiary/aromatic N) is 2. The molecule has 0 radical (unpaired) electrons. The maximum Gasteiger partial charge on any atom is 0.239 e. The van der Waals surface area contributed by atoms with Crippen molar-refractivity contribution in [2.45, 2.75) is 25.4 Å². The maximum atomic E-state index is 12.2. The lowest BCUT2D eigenvalue weighted by Crippen LogP contribution is -2.47. The molecule has 0 aliphatic carbocycles. The number of benzene rings is 2. The Bertz CT molecular complexity index is 873. The Kier molecular flexibility index (Phi) is 8.74. The van der Waals surface area contributed by atoms with Crippen LogP contribution >= 0.6 is 11.6 Å². The fourth-order valence-corrected chi connectivity index (χ4v) is 4.36. The summed E-state index contributed by atoms with van der Waals surface area (Å²) < 4.78 is 0. The number of aliphatic imine (C=N–C) groups is 1. The normalized spacial score (nSPS) is 19.6. The van der Waals surface area contributed by atoms with Gasteiger partial charge in [-0.2, -0.15) is 0 Å². The molecule has 1 heterocycles. The van der Waals surface area contributed by atoms with Crippen molar-refractivity contribution in [1.82, 2.24) is 20.9 Å². The standard InChI is InChI=1S/C24H32ClN5O/c1-26-24(29-17-22(31)27-15-18-8-4-3-5-9-18)28-16-20-11-7-13-30(2)23(20)19-10-6-12-21(25)14-19/h3-6,8-10,12,14,20,23H,7,11,13,15-17H2,1-2H3,(H,27,31)(H2,26,28,29). The molecule has 1 fully saturated rings. The SMILES string of the molecule is CN=C(NCC(=O)NCc1ccccc1)NCC1CCCN(C)C1c1cccc(Cl)c1. The van der Waals surface area contributed by atoms with E-state index >= 15 is 0 Å². The van der Waals surface area contributed by atoms with Crippen molar-refractivity contribution in [3.05, 3.63) is 70.7 Å². The largest absolute Gasteiger partial charge is 0.356 e. The number of guanidine groups is 1. The minimum absolute atomic E-state index is 0.0685. The van der Waals surface area contributed by atoms with Crippen LogP contribution < -0.4 is 16.0 Å². The molecule has 1 aliphatic heterocycles. The highest BCUT2D eigenvalue weighted by Crippen LogP contribution is 2.35. The minimum Gasteiger partial charge on any atom is -0.356 e. The van der Waals surface area contributed by atoms with Gasteiger partial charge in [0.05, 0.1) is 6.54 Å². The van der Waals surface area contributed by atoms with Gasteiger partial charge in [0.15, 0.2) is 5.96 Å². The lowest BCUT2D eigenvalue weighted by Gasteiger charge is -2.40. The quantitative estimate of drug-likeness (QED) is 0.456. The minimum atomic E-state index is -0.0685. The van der Waals surface area contributed by atoms with Crippen LogP contribution in [0.25, 0.3) is 0 Å². The first-order chi connectivity index (χ1) is 15.1. The van der Waals surface area contributed by atoms with Gasteiger partial charge < -0.3 is 16.0 Å². The summed E-state index contributed by atoms with van der Waals surface area (Å²) in [6.07, 6.45) is 2.29. The number of carbonyl (C=O) groups excluding carboxylic acids is 1. The lowest BCUT2D eigenvalue weighted by atomic mass is 9.85. The number of amides is 1. The molecule has 0 spiro atoms. The van der Waals surface area contributed by atoms with E-state index in [1.807, 2.05) is 42.5 Å². The Morgan fingerprint density at radius 3 is 2.68 bits per heavy atom. The van der Waals surface area contributed by atoms with Crippen LogP contribution in [0.3, 0.4) is 0 Å². The Morgan fingerprint density at radius 1 is 1.13 bits per heavy atom. The molecule has 1 aliphatic rings. The van der Waals surface area contributed by atoms with Gasteiger partial charge in [-0.3, -0.25) is 14.7 Å².